The third kappa shape index (κ3) is 4.09. The number of piperazine rings is 1. The van der Waals surface area contributed by atoms with Gasteiger partial charge in [0.1, 0.15) is 11.6 Å². The van der Waals surface area contributed by atoms with Crippen LogP contribution in [0.5, 0.6) is 5.75 Å². The molecule has 27 heavy (non-hydrogen) atoms. The van der Waals surface area contributed by atoms with Crippen molar-refractivity contribution in [2.45, 2.75) is 6.54 Å². The zero-order valence-corrected chi connectivity index (χ0v) is 16.0. The van der Waals surface area contributed by atoms with Crippen LogP contribution in [-0.4, -0.2) is 47.8 Å². The molecule has 0 amide bonds. The van der Waals surface area contributed by atoms with Gasteiger partial charge in [0.2, 0.25) is 0 Å². The van der Waals surface area contributed by atoms with Crippen LogP contribution in [-0.2, 0) is 6.54 Å². The van der Waals surface area contributed by atoms with Crippen LogP contribution in [0.4, 0.5) is 10.1 Å². The van der Waals surface area contributed by atoms with Gasteiger partial charge < -0.3 is 9.64 Å². The first-order valence-corrected chi connectivity index (χ1v) is 9.69. The molecule has 2 aromatic carbocycles. The van der Waals surface area contributed by atoms with Crippen molar-refractivity contribution in [2.75, 3.05) is 38.2 Å². The van der Waals surface area contributed by atoms with Crippen LogP contribution in [0.25, 0.3) is 10.4 Å². The molecule has 0 N–H and O–H groups in total. The fourth-order valence-corrected chi connectivity index (χ4v) is 3.99. The minimum absolute atomic E-state index is 0.230. The number of ether oxygens (including phenoxy) is 1. The van der Waals surface area contributed by atoms with Gasteiger partial charge in [0.05, 0.1) is 17.7 Å². The Balaban J connectivity index is 1.40. The summed E-state index contributed by atoms with van der Waals surface area (Å²) in [6, 6.07) is 14.7. The molecule has 0 atom stereocenters. The third-order valence-electron chi connectivity index (χ3n) is 4.83. The van der Waals surface area contributed by atoms with Crippen molar-refractivity contribution in [1.29, 1.82) is 0 Å². The molecule has 1 aliphatic rings. The summed E-state index contributed by atoms with van der Waals surface area (Å²) in [4.78, 5) is 5.78. The average molecular weight is 384 g/mol. The molecule has 7 heteroatoms. The summed E-state index contributed by atoms with van der Waals surface area (Å²) in [6.07, 6.45) is 0. The Morgan fingerprint density at radius 1 is 1.07 bits per heavy atom. The number of anilines is 1. The number of benzene rings is 2. The summed E-state index contributed by atoms with van der Waals surface area (Å²) in [6.45, 7) is 4.58. The molecule has 5 nitrogen and oxygen atoms in total. The Morgan fingerprint density at radius 2 is 1.85 bits per heavy atom. The third-order valence-corrected chi connectivity index (χ3v) is 5.64. The maximum absolute atomic E-state index is 13.2. The molecule has 3 aromatic rings. The monoisotopic (exact) mass is 384 g/mol. The molecule has 0 saturated carbocycles. The predicted octanol–water partition coefficient (Wildman–Crippen LogP) is 3.68. The van der Waals surface area contributed by atoms with Gasteiger partial charge >= 0.3 is 0 Å². The predicted molar refractivity (Wildman–Crippen MR) is 106 cm³/mol. The first-order chi connectivity index (χ1) is 13.2. The molecular formula is C20H21FN4OS. The quantitative estimate of drug-likeness (QED) is 0.671. The summed E-state index contributed by atoms with van der Waals surface area (Å²) in [5, 5.41) is 4.31. The second kappa shape index (κ2) is 8.02. The van der Waals surface area contributed by atoms with Gasteiger partial charge in [-0.25, -0.2) is 4.39 Å². The number of hydrogen-bond acceptors (Lipinski definition) is 6. The number of hydrogen-bond donors (Lipinski definition) is 0. The Morgan fingerprint density at radius 3 is 2.59 bits per heavy atom. The lowest BCUT2D eigenvalue weighted by atomic mass is 10.1. The van der Waals surface area contributed by atoms with E-state index in [1.165, 1.54) is 29.4 Å². The summed E-state index contributed by atoms with van der Waals surface area (Å²) in [5.74, 6) is 0.652. The zero-order valence-electron chi connectivity index (χ0n) is 15.1. The molecule has 1 aromatic heterocycles. The first-order valence-electron chi connectivity index (χ1n) is 8.91. The van der Waals surface area contributed by atoms with E-state index in [0.717, 1.165) is 54.6 Å². The molecule has 0 radical (unpaired) electrons. The molecule has 2 heterocycles. The van der Waals surface area contributed by atoms with E-state index in [1.54, 1.807) is 19.2 Å². The first kappa shape index (κ1) is 17.9. The Kier molecular flexibility index (Phi) is 5.31. The standard InChI is InChI=1S/C20H21FN4OS/c1-26-18-4-2-3-17(13-18)25-11-9-24(10-12-25)14-19-20(27-23-22-19)15-5-7-16(21)8-6-15/h2-8,13H,9-12,14H2,1H3. The van der Waals surface area contributed by atoms with Crippen molar-refractivity contribution in [3.05, 3.63) is 60.0 Å². The van der Waals surface area contributed by atoms with Crippen molar-refractivity contribution in [3.63, 3.8) is 0 Å². The van der Waals surface area contributed by atoms with Gasteiger partial charge in [-0.1, -0.05) is 22.7 Å². The lowest BCUT2D eigenvalue weighted by Gasteiger charge is -2.36. The van der Waals surface area contributed by atoms with Crippen LogP contribution in [0, 0.1) is 5.82 Å². The van der Waals surface area contributed by atoms with E-state index in [4.69, 9.17) is 4.74 Å². The molecular weight excluding hydrogens is 363 g/mol. The summed E-state index contributed by atoms with van der Waals surface area (Å²) >= 11 is 1.36. The Hall–Kier alpha value is -2.51. The van der Waals surface area contributed by atoms with Crippen LogP contribution in [0.15, 0.2) is 48.5 Å². The summed E-state index contributed by atoms with van der Waals surface area (Å²) in [5.41, 5.74) is 3.12. The molecule has 140 valence electrons. The van der Waals surface area contributed by atoms with Gasteiger partial charge in [0.25, 0.3) is 0 Å². The molecule has 1 fully saturated rings. The van der Waals surface area contributed by atoms with Crippen molar-refractivity contribution >= 4 is 17.2 Å². The summed E-state index contributed by atoms with van der Waals surface area (Å²) in [7, 11) is 1.69. The molecule has 1 aliphatic heterocycles. The SMILES string of the molecule is COc1cccc(N2CCN(Cc3nnsc3-c3ccc(F)cc3)CC2)c1. The molecule has 0 aliphatic carbocycles. The van der Waals surface area contributed by atoms with E-state index in [9.17, 15) is 4.39 Å². The maximum Gasteiger partial charge on any atom is 0.123 e. The Bertz CT molecular complexity index is 891. The van der Waals surface area contributed by atoms with Gasteiger partial charge in [-0.05, 0) is 41.4 Å². The van der Waals surface area contributed by atoms with Crippen LogP contribution in [0.1, 0.15) is 5.69 Å². The van der Waals surface area contributed by atoms with Crippen LogP contribution < -0.4 is 9.64 Å². The van der Waals surface area contributed by atoms with E-state index in [0.29, 0.717) is 0 Å². The van der Waals surface area contributed by atoms with Gasteiger partial charge in [0.15, 0.2) is 0 Å². The number of aromatic nitrogens is 2. The molecule has 1 saturated heterocycles. The smallest absolute Gasteiger partial charge is 0.123 e. The van der Waals surface area contributed by atoms with Crippen LogP contribution >= 0.6 is 11.5 Å². The topological polar surface area (TPSA) is 41.5 Å². The van der Waals surface area contributed by atoms with Crippen LogP contribution in [0.3, 0.4) is 0 Å². The number of rotatable bonds is 5. The van der Waals surface area contributed by atoms with Crippen molar-refractivity contribution in [3.8, 4) is 16.2 Å². The minimum atomic E-state index is -0.230. The highest BCUT2D eigenvalue weighted by Gasteiger charge is 2.20. The molecule has 4 rings (SSSR count). The van der Waals surface area contributed by atoms with E-state index < -0.39 is 0 Å². The van der Waals surface area contributed by atoms with E-state index in [1.807, 2.05) is 12.1 Å². The molecule has 0 unspecified atom stereocenters. The highest BCUT2D eigenvalue weighted by Crippen LogP contribution is 2.28. The summed E-state index contributed by atoms with van der Waals surface area (Å²) < 4.78 is 22.6. The van der Waals surface area contributed by atoms with Crippen molar-refractivity contribution in [1.82, 2.24) is 14.5 Å². The maximum atomic E-state index is 13.2. The van der Waals surface area contributed by atoms with E-state index in [-0.39, 0.29) is 5.82 Å². The minimum Gasteiger partial charge on any atom is -0.497 e. The normalized spacial score (nSPS) is 15.1. The largest absolute Gasteiger partial charge is 0.497 e. The lowest BCUT2D eigenvalue weighted by molar-refractivity contribution is 0.247. The number of halogens is 1. The van der Waals surface area contributed by atoms with Crippen LogP contribution in [0.2, 0.25) is 0 Å². The lowest BCUT2D eigenvalue weighted by Crippen LogP contribution is -2.46. The second-order valence-corrected chi connectivity index (χ2v) is 7.27. The highest BCUT2D eigenvalue weighted by atomic mass is 32.1. The fourth-order valence-electron chi connectivity index (χ4n) is 3.32. The van der Waals surface area contributed by atoms with Crippen molar-refractivity contribution in [2.24, 2.45) is 0 Å². The van der Waals surface area contributed by atoms with Gasteiger partial charge in [-0.2, -0.15) is 0 Å². The fraction of sp³-hybridized carbons (Fsp3) is 0.300. The molecule has 0 bridgehead atoms. The Labute approximate surface area is 162 Å². The highest BCUT2D eigenvalue weighted by molar-refractivity contribution is 7.09. The molecule has 0 spiro atoms. The van der Waals surface area contributed by atoms with E-state index in [2.05, 4.69) is 31.5 Å². The second-order valence-electron chi connectivity index (χ2n) is 6.52. The number of methoxy groups -OCH3 is 1. The van der Waals surface area contributed by atoms with Crippen molar-refractivity contribution < 1.29 is 9.13 Å². The number of nitrogens with zero attached hydrogens (tertiary/aromatic N) is 4. The van der Waals surface area contributed by atoms with Gasteiger partial charge in [-0.15, -0.1) is 5.10 Å². The van der Waals surface area contributed by atoms with E-state index >= 15 is 0 Å². The van der Waals surface area contributed by atoms with Gasteiger partial charge in [-0.3, -0.25) is 4.90 Å². The average Bonchev–Trinajstić information content (AvgIpc) is 3.17. The van der Waals surface area contributed by atoms with Gasteiger partial charge in [0, 0.05) is 44.5 Å². The zero-order chi connectivity index (χ0) is 18.6.